The van der Waals surface area contributed by atoms with E-state index in [1.54, 1.807) is 17.0 Å². The van der Waals surface area contributed by atoms with Crippen molar-refractivity contribution >= 4 is 29.3 Å². The number of rotatable bonds is 6. The van der Waals surface area contributed by atoms with Crippen LogP contribution in [0, 0.1) is 10.1 Å². The van der Waals surface area contributed by atoms with Gasteiger partial charge in [-0.1, -0.05) is 0 Å². The van der Waals surface area contributed by atoms with Crippen molar-refractivity contribution in [3.05, 3.63) is 34.4 Å². The van der Waals surface area contributed by atoms with Gasteiger partial charge in [-0.05, 0) is 45.2 Å². The Kier molecular flexibility index (Phi) is 6.81. The molecule has 0 spiro atoms. The summed E-state index contributed by atoms with van der Waals surface area (Å²) in [7, 11) is 0. The fourth-order valence-corrected chi connectivity index (χ4v) is 3.67. The van der Waals surface area contributed by atoms with Crippen LogP contribution in [-0.4, -0.2) is 46.1 Å². The zero-order valence-corrected chi connectivity index (χ0v) is 15.2. The average molecular weight is 366 g/mol. The number of non-ortho nitro benzene ring substituents is 1. The normalized spacial score (nSPS) is 20.2. The Balaban J connectivity index is 1.76. The molecule has 2 rings (SSSR count). The maximum absolute atomic E-state index is 12.3. The number of carbonyl (C=O) groups excluding carboxylic acids is 2. The van der Waals surface area contributed by atoms with Crippen molar-refractivity contribution in [2.45, 2.75) is 50.1 Å². The number of likely N-dealkylation sites (tertiary alicyclic amines) is 1. The Bertz CT molecular complexity index is 624. The number of nitrogens with zero attached hydrogens (tertiary/aromatic N) is 2. The van der Waals surface area contributed by atoms with Gasteiger partial charge in [0.1, 0.15) is 0 Å². The van der Waals surface area contributed by atoms with Crippen LogP contribution in [0.1, 0.15) is 33.1 Å². The second-order valence-electron chi connectivity index (χ2n) is 6.13. The summed E-state index contributed by atoms with van der Waals surface area (Å²) in [6, 6.07) is 6.28. The van der Waals surface area contributed by atoms with Gasteiger partial charge in [-0.15, -0.1) is 11.8 Å². The van der Waals surface area contributed by atoms with Gasteiger partial charge in [0.05, 0.1) is 10.7 Å². The Labute approximate surface area is 150 Å². The fourth-order valence-electron chi connectivity index (χ4n) is 2.98. The predicted octanol–water partition coefficient (Wildman–Crippen LogP) is 3.02. The first-order chi connectivity index (χ1) is 11.9. The van der Waals surface area contributed by atoms with Gasteiger partial charge in [0.15, 0.2) is 6.61 Å². The Morgan fingerprint density at radius 2 is 1.84 bits per heavy atom. The van der Waals surface area contributed by atoms with Gasteiger partial charge in [-0.3, -0.25) is 19.7 Å². The largest absolute Gasteiger partial charge is 0.455 e. The van der Waals surface area contributed by atoms with Crippen molar-refractivity contribution in [2.24, 2.45) is 0 Å². The SMILES string of the molecule is C[C@H]1CCC[C@H](C)N1C(=O)COC(=O)CSc1ccc([N+](=O)[O-])cc1. The summed E-state index contributed by atoms with van der Waals surface area (Å²) < 4.78 is 5.08. The van der Waals surface area contributed by atoms with E-state index in [0.29, 0.717) is 0 Å². The van der Waals surface area contributed by atoms with E-state index in [0.717, 1.165) is 24.2 Å². The zero-order chi connectivity index (χ0) is 18.4. The summed E-state index contributed by atoms with van der Waals surface area (Å²) in [6.45, 7) is 3.79. The van der Waals surface area contributed by atoms with Crippen LogP contribution in [0.25, 0.3) is 0 Å². The zero-order valence-electron chi connectivity index (χ0n) is 14.3. The molecule has 1 heterocycles. The summed E-state index contributed by atoms with van der Waals surface area (Å²) >= 11 is 1.22. The molecule has 0 aromatic heterocycles. The van der Waals surface area contributed by atoms with Gasteiger partial charge in [-0.2, -0.15) is 0 Å². The molecule has 1 aromatic rings. The topological polar surface area (TPSA) is 89.8 Å². The maximum atomic E-state index is 12.3. The third-order valence-electron chi connectivity index (χ3n) is 4.24. The molecule has 1 fully saturated rings. The number of hydrogen-bond acceptors (Lipinski definition) is 6. The van der Waals surface area contributed by atoms with E-state index < -0.39 is 10.9 Å². The van der Waals surface area contributed by atoms with Gasteiger partial charge in [-0.25, -0.2) is 0 Å². The number of benzene rings is 1. The number of hydrogen-bond donors (Lipinski definition) is 0. The van der Waals surface area contributed by atoms with Gasteiger partial charge in [0, 0.05) is 29.1 Å². The highest BCUT2D eigenvalue weighted by atomic mass is 32.2. The quantitative estimate of drug-likeness (QED) is 0.333. The van der Waals surface area contributed by atoms with Crippen LogP contribution in [0.15, 0.2) is 29.2 Å². The molecule has 25 heavy (non-hydrogen) atoms. The molecule has 1 aliphatic heterocycles. The number of nitro benzene ring substituents is 1. The number of esters is 1. The molecule has 0 aliphatic carbocycles. The molecular formula is C17H22N2O5S. The fraction of sp³-hybridized carbons (Fsp3) is 0.529. The van der Waals surface area contributed by atoms with Gasteiger partial charge < -0.3 is 9.64 Å². The highest BCUT2D eigenvalue weighted by Gasteiger charge is 2.29. The number of ether oxygens (including phenoxy) is 1. The summed E-state index contributed by atoms with van der Waals surface area (Å²) in [4.78, 5) is 36.7. The minimum absolute atomic E-state index is 0.00212. The molecule has 1 saturated heterocycles. The first kappa shape index (κ1) is 19.2. The van der Waals surface area contributed by atoms with E-state index in [9.17, 15) is 19.7 Å². The molecule has 0 saturated carbocycles. The molecule has 7 nitrogen and oxygen atoms in total. The number of thioether (sulfide) groups is 1. The van der Waals surface area contributed by atoms with Crippen molar-refractivity contribution in [3.8, 4) is 0 Å². The van der Waals surface area contributed by atoms with Crippen molar-refractivity contribution < 1.29 is 19.2 Å². The van der Waals surface area contributed by atoms with Gasteiger partial charge in [0.25, 0.3) is 11.6 Å². The number of nitro groups is 1. The lowest BCUT2D eigenvalue weighted by molar-refractivity contribution is -0.384. The molecule has 0 bridgehead atoms. The molecule has 1 aliphatic rings. The van der Waals surface area contributed by atoms with Crippen LogP contribution in [0.2, 0.25) is 0 Å². The lowest BCUT2D eigenvalue weighted by Crippen LogP contribution is -2.49. The molecule has 2 atom stereocenters. The molecule has 0 radical (unpaired) electrons. The molecule has 1 amide bonds. The molecule has 0 N–H and O–H groups in total. The second-order valence-corrected chi connectivity index (χ2v) is 7.18. The van der Waals surface area contributed by atoms with Gasteiger partial charge >= 0.3 is 5.97 Å². The van der Waals surface area contributed by atoms with Crippen molar-refractivity contribution in [1.82, 2.24) is 4.90 Å². The number of carbonyl (C=O) groups is 2. The second kappa shape index (κ2) is 8.84. The molecule has 0 unspecified atom stereocenters. The van der Waals surface area contributed by atoms with Crippen LogP contribution in [0.4, 0.5) is 5.69 Å². The summed E-state index contributed by atoms with van der Waals surface area (Å²) in [5, 5.41) is 10.6. The Morgan fingerprint density at radius 1 is 1.24 bits per heavy atom. The third kappa shape index (κ3) is 5.45. The Hall–Kier alpha value is -2.09. The first-order valence-electron chi connectivity index (χ1n) is 8.22. The number of piperidine rings is 1. The summed E-state index contributed by atoms with van der Waals surface area (Å²) in [5.74, 6) is -0.585. The van der Waals surface area contributed by atoms with E-state index in [-0.39, 0.29) is 36.0 Å². The molecule has 136 valence electrons. The highest BCUT2D eigenvalue weighted by molar-refractivity contribution is 8.00. The van der Waals surface area contributed by atoms with Crippen molar-refractivity contribution in [1.29, 1.82) is 0 Å². The van der Waals surface area contributed by atoms with Crippen LogP contribution in [0.5, 0.6) is 0 Å². The van der Waals surface area contributed by atoms with Gasteiger partial charge in [0.2, 0.25) is 0 Å². The van der Waals surface area contributed by atoms with E-state index >= 15 is 0 Å². The predicted molar refractivity (Wildman–Crippen MR) is 94.4 cm³/mol. The molecule has 8 heteroatoms. The third-order valence-corrected chi connectivity index (χ3v) is 5.23. The van der Waals surface area contributed by atoms with E-state index in [2.05, 4.69) is 0 Å². The van der Waals surface area contributed by atoms with E-state index in [1.165, 1.54) is 23.9 Å². The lowest BCUT2D eigenvalue weighted by atomic mass is 9.97. The standard InChI is InChI=1S/C17H22N2O5S/c1-12-4-3-5-13(2)18(12)16(20)10-24-17(21)11-25-15-8-6-14(7-9-15)19(22)23/h6-9,12-13H,3-5,10-11H2,1-2H3/t12-,13-/m0/s1. The van der Waals surface area contributed by atoms with E-state index in [1.807, 2.05) is 13.8 Å². The average Bonchev–Trinajstić information content (AvgIpc) is 2.58. The number of amides is 1. The summed E-state index contributed by atoms with van der Waals surface area (Å²) in [6.07, 6.45) is 3.05. The first-order valence-corrected chi connectivity index (χ1v) is 9.21. The lowest BCUT2D eigenvalue weighted by Gasteiger charge is -2.38. The van der Waals surface area contributed by atoms with Crippen molar-refractivity contribution in [2.75, 3.05) is 12.4 Å². The van der Waals surface area contributed by atoms with Crippen molar-refractivity contribution in [3.63, 3.8) is 0 Å². The monoisotopic (exact) mass is 366 g/mol. The Morgan fingerprint density at radius 3 is 2.40 bits per heavy atom. The minimum atomic E-state index is -0.478. The smallest absolute Gasteiger partial charge is 0.316 e. The van der Waals surface area contributed by atoms with Crippen LogP contribution in [0.3, 0.4) is 0 Å². The highest BCUT2D eigenvalue weighted by Crippen LogP contribution is 2.23. The van der Waals surface area contributed by atoms with Crippen LogP contribution >= 0.6 is 11.8 Å². The van der Waals surface area contributed by atoms with E-state index in [4.69, 9.17) is 4.74 Å². The van der Waals surface area contributed by atoms with Crippen LogP contribution in [-0.2, 0) is 14.3 Å². The van der Waals surface area contributed by atoms with Crippen LogP contribution < -0.4 is 0 Å². The minimum Gasteiger partial charge on any atom is -0.455 e. The maximum Gasteiger partial charge on any atom is 0.316 e. The molecular weight excluding hydrogens is 344 g/mol. The summed E-state index contributed by atoms with van der Waals surface area (Å²) in [5.41, 5.74) is 0.00212. The molecule has 1 aromatic carbocycles.